The Hall–Kier alpha value is -1.11. The van der Waals surface area contributed by atoms with Gasteiger partial charge in [-0.1, -0.05) is 0 Å². The Balaban J connectivity index is 2.22. The molecular weight excluding hydrogens is 218 g/mol. The van der Waals surface area contributed by atoms with Gasteiger partial charge in [0.25, 0.3) is 0 Å². The van der Waals surface area contributed by atoms with Crippen molar-refractivity contribution in [1.29, 1.82) is 0 Å². The van der Waals surface area contributed by atoms with Gasteiger partial charge in [0.05, 0.1) is 25.5 Å². The van der Waals surface area contributed by atoms with Gasteiger partial charge >= 0.3 is 5.97 Å². The first-order chi connectivity index (χ1) is 7.25. The van der Waals surface area contributed by atoms with Crippen LogP contribution in [-0.4, -0.2) is 37.5 Å². The van der Waals surface area contributed by atoms with E-state index in [-0.39, 0.29) is 26.4 Å². The third-order valence-corrected chi connectivity index (χ3v) is 2.49. The minimum atomic E-state index is -0.435. The number of esters is 1. The lowest BCUT2D eigenvalue weighted by atomic mass is 10.4. The van der Waals surface area contributed by atoms with Crippen LogP contribution in [0.2, 0.25) is 0 Å². The summed E-state index contributed by atoms with van der Waals surface area (Å²) in [6.45, 7) is 0.651. The molecule has 3 N–H and O–H groups in total. The lowest BCUT2D eigenvalue weighted by molar-refractivity contribution is 0.0263. The maximum Gasteiger partial charge on any atom is 0.350 e. The molecule has 0 aromatic carbocycles. The van der Waals surface area contributed by atoms with Crippen LogP contribution in [-0.2, 0) is 9.47 Å². The number of ether oxygens (including phenoxy) is 2. The summed E-state index contributed by atoms with van der Waals surface area (Å²) >= 11 is 1.25. The van der Waals surface area contributed by atoms with Crippen LogP contribution in [0.25, 0.3) is 0 Å². The van der Waals surface area contributed by atoms with Crippen LogP contribution < -0.4 is 5.73 Å². The molecule has 84 valence electrons. The monoisotopic (exact) mass is 231 g/mol. The number of aliphatic hydroxyl groups is 1. The maximum atomic E-state index is 11.4. The fraction of sp³-hybridized carbons (Fsp3) is 0.444. The van der Waals surface area contributed by atoms with Gasteiger partial charge in [0.15, 0.2) is 0 Å². The molecule has 0 saturated heterocycles. The number of thiophene rings is 1. The third kappa shape index (κ3) is 3.86. The average Bonchev–Trinajstić information content (AvgIpc) is 2.64. The molecule has 1 aromatic heterocycles. The van der Waals surface area contributed by atoms with E-state index >= 15 is 0 Å². The number of hydrogen-bond donors (Lipinski definition) is 2. The molecule has 0 atom stereocenters. The van der Waals surface area contributed by atoms with Crippen molar-refractivity contribution in [3.63, 3.8) is 0 Å². The van der Waals surface area contributed by atoms with E-state index in [1.54, 1.807) is 11.4 Å². The first-order valence-electron chi connectivity index (χ1n) is 4.44. The van der Waals surface area contributed by atoms with Crippen molar-refractivity contribution in [2.45, 2.75) is 0 Å². The minimum Gasteiger partial charge on any atom is -0.459 e. The molecule has 0 fully saturated rings. The number of carbonyl (C=O) groups excluding carboxylic acids is 1. The summed E-state index contributed by atoms with van der Waals surface area (Å²) in [5, 5.41) is 10.1. The van der Waals surface area contributed by atoms with E-state index in [2.05, 4.69) is 0 Å². The molecule has 5 nitrogen and oxygen atoms in total. The summed E-state index contributed by atoms with van der Waals surface area (Å²) < 4.78 is 9.82. The predicted octanol–water partition coefficient (Wildman–Crippen LogP) is 0.496. The first kappa shape index (κ1) is 12.0. The van der Waals surface area contributed by atoms with Crippen LogP contribution in [0.3, 0.4) is 0 Å². The summed E-state index contributed by atoms with van der Waals surface area (Å²) in [4.78, 5) is 11.8. The lowest BCUT2D eigenvalue weighted by Gasteiger charge is -2.04. The number of rotatable bonds is 6. The zero-order chi connectivity index (χ0) is 11.1. The fourth-order valence-corrected chi connectivity index (χ4v) is 1.62. The van der Waals surface area contributed by atoms with Crippen LogP contribution >= 0.6 is 11.3 Å². The van der Waals surface area contributed by atoms with E-state index in [4.69, 9.17) is 20.3 Å². The molecule has 15 heavy (non-hydrogen) atoms. The molecule has 0 unspecified atom stereocenters. The molecule has 1 rings (SSSR count). The van der Waals surface area contributed by atoms with Crippen LogP contribution in [0.4, 0.5) is 5.69 Å². The highest BCUT2D eigenvalue weighted by atomic mass is 32.1. The van der Waals surface area contributed by atoms with E-state index in [9.17, 15) is 4.79 Å². The highest BCUT2D eigenvalue weighted by molar-refractivity contribution is 7.12. The zero-order valence-corrected chi connectivity index (χ0v) is 8.96. The molecule has 0 radical (unpaired) electrons. The van der Waals surface area contributed by atoms with Gasteiger partial charge in [-0.3, -0.25) is 0 Å². The van der Waals surface area contributed by atoms with E-state index in [0.717, 1.165) is 0 Å². The molecule has 1 aromatic rings. The highest BCUT2D eigenvalue weighted by Gasteiger charge is 2.11. The number of aliphatic hydroxyl groups excluding tert-OH is 1. The van der Waals surface area contributed by atoms with E-state index < -0.39 is 5.97 Å². The Morgan fingerprint density at radius 2 is 2.27 bits per heavy atom. The Kier molecular flexibility index (Phi) is 5.09. The second-order valence-electron chi connectivity index (χ2n) is 2.68. The molecule has 0 spiro atoms. The van der Waals surface area contributed by atoms with Crippen molar-refractivity contribution in [1.82, 2.24) is 0 Å². The van der Waals surface area contributed by atoms with Crippen molar-refractivity contribution in [2.24, 2.45) is 0 Å². The molecule has 6 heteroatoms. The number of anilines is 1. The predicted molar refractivity (Wildman–Crippen MR) is 56.9 cm³/mol. The number of nitrogens with two attached hydrogens (primary N) is 1. The summed E-state index contributed by atoms with van der Waals surface area (Å²) in [6.07, 6.45) is 0. The van der Waals surface area contributed by atoms with Gasteiger partial charge in [0, 0.05) is 0 Å². The molecular formula is C9H13NO4S. The minimum absolute atomic E-state index is 0.0359. The smallest absolute Gasteiger partial charge is 0.350 e. The molecule has 0 aliphatic rings. The lowest BCUT2D eigenvalue weighted by Crippen LogP contribution is -2.12. The molecule has 1 heterocycles. The van der Waals surface area contributed by atoms with Gasteiger partial charge in [-0.25, -0.2) is 4.79 Å². The summed E-state index contributed by atoms with van der Waals surface area (Å²) in [6, 6.07) is 1.66. The Labute approximate surface area is 91.4 Å². The van der Waals surface area contributed by atoms with Crippen molar-refractivity contribution >= 4 is 23.0 Å². The summed E-state index contributed by atoms with van der Waals surface area (Å²) in [5.41, 5.74) is 5.97. The summed E-state index contributed by atoms with van der Waals surface area (Å²) in [7, 11) is 0. The molecule has 0 amide bonds. The van der Waals surface area contributed by atoms with Crippen molar-refractivity contribution < 1.29 is 19.4 Å². The SMILES string of the molecule is Nc1ccsc1C(=O)OCCOCCO. The van der Waals surface area contributed by atoms with Gasteiger partial charge in [0.1, 0.15) is 11.5 Å². The number of nitrogen functional groups attached to an aromatic ring is 1. The van der Waals surface area contributed by atoms with E-state index in [1.165, 1.54) is 11.3 Å². The molecule has 0 bridgehead atoms. The average molecular weight is 231 g/mol. The molecule has 0 aliphatic carbocycles. The van der Waals surface area contributed by atoms with E-state index in [1.807, 2.05) is 0 Å². The van der Waals surface area contributed by atoms with Crippen LogP contribution in [0.15, 0.2) is 11.4 Å². The largest absolute Gasteiger partial charge is 0.459 e. The number of hydrogen-bond acceptors (Lipinski definition) is 6. The zero-order valence-electron chi connectivity index (χ0n) is 8.14. The third-order valence-electron chi connectivity index (χ3n) is 1.58. The Bertz CT molecular complexity index is 313. The van der Waals surface area contributed by atoms with Gasteiger partial charge in [-0.15, -0.1) is 11.3 Å². The second-order valence-corrected chi connectivity index (χ2v) is 3.59. The normalized spacial score (nSPS) is 10.2. The van der Waals surface area contributed by atoms with Crippen LogP contribution in [0, 0.1) is 0 Å². The topological polar surface area (TPSA) is 81.8 Å². The maximum absolute atomic E-state index is 11.4. The van der Waals surface area contributed by atoms with E-state index in [0.29, 0.717) is 10.6 Å². The fourth-order valence-electron chi connectivity index (χ4n) is 0.911. The van der Waals surface area contributed by atoms with Gasteiger partial charge in [-0.2, -0.15) is 0 Å². The van der Waals surface area contributed by atoms with Crippen LogP contribution in [0.1, 0.15) is 9.67 Å². The highest BCUT2D eigenvalue weighted by Crippen LogP contribution is 2.19. The van der Waals surface area contributed by atoms with Crippen molar-refractivity contribution in [2.75, 3.05) is 32.2 Å². The Morgan fingerprint density at radius 1 is 1.47 bits per heavy atom. The van der Waals surface area contributed by atoms with Crippen molar-refractivity contribution in [3.05, 3.63) is 16.3 Å². The van der Waals surface area contributed by atoms with Gasteiger partial charge in [-0.05, 0) is 11.4 Å². The van der Waals surface area contributed by atoms with Gasteiger partial charge < -0.3 is 20.3 Å². The molecule has 0 saturated carbocycles. The van der Waals surface area contributed by atoms with Gasteiger partial charge in [0.2, 0.25) is 0 Å². The Morgan fingerprint density at radius 3 is 2.87 bits per heavy atom. The molecule has 0 aliphatic heterocycles. The second kappa shape index (κ2) is 6.39. The standard InChI is InChI=1S/C9H13NO4S/c10-7-1-6-15-8(7)9(12)14-5-4-13-3-2-11/h1,6,11H,2-5,10H2. The first-order valence-corrected chi connectivity index (χ1v) is 5.32. The number of carbonyl (C=O) groups is 1. The quantitative estimate of drug-likeness (QED) is 0.550. The summed E-state index contributed by atoms with van der Waals surface area (Å²) in [5.74, 6) is -0.435. The van der Waals surface area contributed by atoms with Crippen molar-refractivity contribution in [3.8, 4) is 0 Å². The van der Waals surface area contributed by atoms with Crippen LogP contribution in [0.5, 0.6) is 0 Å².